The van der Waals surface area contributed by atoms with Crippen LogP contribution >= 0.6 is 0 Å². The Balaban J connectivity index is 1.72. The van der Waals surface area contributed by atoms with Crippen LogP contribution in [-0.4, -0.2) is 22.3 Å². The van der Waals surface area contributed by atoms with Gasteiger partial charge in [0.05, 0.1) is 6.04 Å². The summed E-state index contributed by atoms with van der Waals surface area (Å²) in [5, 5.41) is 0. The normalized spacial score (nSPS) is 21.3. The Morgan fingerprint density at radius 1 is 1.24 bits per heavy atom. The molecule has 1 aliphatic heterocycles. The molecule has 3 rings (SSSR count). The highest BCUT2D eigenvalue weighted by Gasteiger charge is 2.38. The molecule has 1 amide bonds. The molecule has 1 aliphatic rings. The van der Waals surface area contributed by atoms with E-state index in [1.54, 1.807) is 18.5 Å². The number of likely N-dealkylation sites (tertiary alicyclic amines) is 1. The average molecular weight is 278 g/mol. The number of aromatic nitrogens is 1. The molecule has 21 heavy (non-hydrogen) atoms. The summed E-state index contributed by atoms with van der Waals surface area (Å²) in [6.45, 7) is 3.00. The van der Waals surface area contributed by atoms with E-state index in [0.717, 1.165) is 12.1 Å². The number of hydrogen-bond donors (Lipinski definition) is 0. The number of benzene rings is 1. The molecule has 1 aromatic carbocycles. The average Bonchev–Trinajstić information content (AvgIpc) is 2.52. The molecule has 3 nitrogen and oxygen atoms in total. The summed E-state index contributed by atoms with van der Waals surface area (Å²) in [5.41, 5.74) is 2.15. The summed E-state index contributed by atoms with van der Waals surface area (Å²) in [6.07, 6.45) is 6.93. The maximum Gasteiger partial charge on any atom is 0.247 e. The van der Waals surface area contributed by atoms with Gasteiger partial charge in [-0.3, -0.25) is 9.78 Å². The number of carbonyl (C=O) groups is 1. The van der Waals surface area contributed by atoms with Crippen LogP contribution in [0.5, 0.6) is 0 Å². The van der Waals surface area contributed by atoms with Gasteiger partial charge in [0.1, 0.15) is 0 Å². The van der Waals surface area contributed by atoms with Gasteiger partial charge < -0.3 is 4.90 Å². The first-order valence-corrected chi connectivity index (χ1v) is 7.19. The first-order valence-electron chi connectivity index (χ1n) is 7.19. The van der Waals surface area contributed by atoms with E-state index in [-0.39, 0.29) is 11.9 Å². The van der Waals surface area contributed by atoms with Crippen molar-refractivity contribution in [2.75, 3.05) is 6.54 Å². The fraction of sp³-hybridized carbons (Fsp3) is 0.222. The minimum absolute atomic E-state index is 0.0609. The van der Waals surface area contributed by atoms with Gasteiger partial charge in [-0.05, 0) is 29.2 Å². The van der Waals surface area contributed by atoms with E-state index in [1.807, 2.05) is 41.3 Å². The van der Waals surface area contributed by atoms with Crippen LogP contribution in [0.25, 0.3) is 6.08 Å². The van der Waals surface area contributed by atoms with Crippen LogP contribution < -0.4 is 0 Å². The largest absolute Gasteiger partial charge is 0.331 e. The van der Waals surface area contributed by atoms with E-state index in [1.165, 1.54) is 5.56 Å². The maximum absolute atomic E-state index is 12.3. The van der Waals surface area contributed by atoms with Crippen molar-refractivity contribution >= 4 is 12.0 Å². The lowest BCUT2D eigenvalue weighted by Gasteiger charge is -2.46. The lowest BCUT2D eigenvalue weighted by molar-refractivity contribution is -0.137. The zero-order valence-electron chi connectivity index (χ0n) is 12.0. The molecule has 1 fully saturated rings. The van der Waals surface area contributed by atoms with Gasteiger partial charge in [-0.15, -0.1) is 0 Å². The number of rotatable bonds is 3. The zero-order chi connectivity index (χ0) is 14.7. The van der Waals surface area contributed by atoms with Crippen molar-refractivity contribution in [3.63, 3.8) is 0 Å². The standard InChI is InChI=1S/C18H18N2O/c1-14-13-20(18(14)16-7-3-2-4-8-16)17(21)10-9-15-6-5-11-19-12-15/h2-12,14,18H,13H2,1H3/b10-9+/t14-,18-/m0/s1. The second-order valence-electron chi connectivity index (χ2n) is 5.44. The smallest absolute Gasteiger partial charge is 0.247 e. The zero-order valence-corrected chi connectivity index (χ0v) is 12.0. The third kappa shape index (κ3) is 2.87. The van der Waals surface area contributed by atoms with Crippen molar-refractivity contribution in [2.24, 2.45) is 5.92 Å². The second kappa shape index (κ2) is 5.92. The van der Waals surface area contributed by atoms with Crippen molar-refractivity contribution in [2.45, 2.75) is 13.0 Å². The second-order valence-corrected chi connectivity index (χ2v) is 5.44. The van der Waals surface area contributed by atoms with Crippen molar-refractivity contribution < 1.29 is 4.79 Å². The maximum atomic E-state index is 12.3. The Labute approximate surface area is 124 Å². The minimum Gasteiger partial charge on any atom is -0.331 e. The molecule has 0 spiro atoms. The third-order valence-electron chi connectivity index (χ3n) is 3.89. The fourth-order valence-corrected chi connectivity index (χ4v) is 2.82. The molecule has 0 saturated carbocycles. The van der Waals surface area contributed by atoms with Crippen LogP contribution in [0.1, 0.15) is 24.1 Å². The Morgan fingerprint density at radius 2 is 2.05 bits per heavy atom. The topological polar surface area (TPSA) is 33.2 Å². The SMILES string of the molecule is C[C@H]1CN(C(=O)/C=C/c2cccnc2)[C@@H]1c1ccccc1. The van der Waals surface area contributed by atoms with Crippen LogP contribution in [0, 0.1) is 5.92 Å². The molecule has 2 atom stereocenters. The highest BCUT2D eigenvalue weighted by Crippen LogP contribution is 2.38. The van der Waals surface area contributed by atoms with Gasteiger partial charge in [0.2, 0.25) is 5.91 Å². The van der Waals surface area contributed by atoms with Gasteiger partial charge in [-0.25, -0.2) is 0 Å². The monoisotopic (exact) mass is 278 g/mol. The Hall–Kier alpha value is -2.42. The quantitative estimate of drug-likeness (QED) is 0.807. The molecular formula is C18H18N2O. The fourth-order valence-electron chi connectivity index (χ4n) is 2.82. The number of nitrogens with zero attached hydrogens (tertiary/aromatic N) is 2. The molecule has 1 saturated heterocycles. The van der Waals surface area contributed by atoms with E-state index >= 15 is 0 Å². The molecular weight excluding hydrogens is 260 g/mol. The molecule has 0 unspecified atom stereocenters. The van der Waals surface area contributed by atoms with Crippen molar-refractivity contribution in [3.8, 4) is 0 Å². The predicted molar refractivity (Wildman–Crippen MR) is 83.3 cm³/mol. The number of amides is 1. The van der Waals surface area contributed by atoms with Gasteiger partial charge in [-0.2, -0.15) is 0 Å². The first kappa shape index (κ1) is 13.6. The van der Waals surface area contributed by atoms with E-state index < -0.39 is 0 Å². The summed E-state index contributed by atoms with van der Waals surface area (Å²) in [4.78, 5) is 18.3. The van der Waals surface area contributed by atoms with Gasteiger partial charge >= 0.3 is 0 Å². The molecule has 0 aliphatic carbocycles. The van der Waals surface area contributed by atoms with Gasteiger partial charge in [0, 0.05) is 25.0 Å². The Kier molecular flexibility index (Phi) is 3.82. The van der Waals surface area contributed by atoms with Gasteiger partial charge in [0.25, 0.3) is 0 Å². The summed E-state index contributed by atoms with van der Waals surface area (Å²) in [6, 6.07) is 14.2. The van der Waals surface area contributed by atoms with Gasteiger partial charge in [0.15, 0.2) is 0 Å². The third-order valence-corrected chi connectivity index (χ3v) is 3.89. The lowest BCUT2D eigenvalue weighted by Crippen LogP contribution is -2.50. The minimum atomic E-state index is 0.0609. The van der Waals surface area contributed by atoms with Crippen LogP contribution in [0.15, 0.2) is 60.9 Å². The number of hydrogen-bond acceptors (Lipinski definition) is 2. The van der Waals surface area contributed by atoms with E-state index in [2.05, 4.69) is 24.0 Å². The first-order chi connectivity index (χ1) is 10.3. The number of pyridine rings is 1. The highest BCUT2D eigenvalue weighted by atomic mass is 16.2. The van der Waals surface area contributed by atoms with Crippen LogP contribution in [0.4, 0.5) is 0 Å². The predicted octanol–water partition coefficient (Wildman–Crippen LogP) is 3.31. The summed E-state index contributed by atoms with van der Waals surface area (Å²) in [7, 11) is 0. The van der Waals surface area contributed by atoms with Crippen LogP contribution in [-0.2, 0) is 4.79 Å². The van der Waals surface area contributed by atoms with E-state index in [4.69, 9.17) is 0 Å². The number of carbonyl (C=O) groups excluding carboxylic acids is 1. The Morgan fingerprint density at radius 3 is 2.71 bits per heavy atom. The van der Waals surface area contributed by atoms with E-state index in [9.17, 15) is 4.79 Å². The summed E-state index contributed by atoms with van der Waals surface area (Å²) < 4.78 is 0. The highest BCUT2D eigenvalue weighted by molar-refractivity contribution is 5.92. The van der Waals surface area contributed by atoms with Gasteiger partial charge in [-0.1, -0.05) is 43.3 Å². The Bertz CT molecular complexity index is 637. The summed E-state index contributed by atoms with van der Waals surface area (Å²) >= 11 is 0. The van der Waals surface area contributed by atoms with Crippen LogP contribution in [0.2, 0.25) is 0 Å². The molecule has 106 valence electrons. The molecule has 3 heteroatoms. The van der Waals surface area contributed by atoms with Crippen molar-refractivity contribution in [1.29, 1.82) is 0 Å². The molecule has 0 radical (unpaired) electrons. The van der Waals surface area contributed by atoms with Crippen LogP contribution in [0.3, 0.4) is 0 Å². The lowest BCUT2D eigenvalue weighted by atomic mass is 9.84. The molecule has 0 bridgehead atoms. The summed E-state index contributed by atoms with van der Waals surface area (Å²) in [5.74, 6) is 0.564. The molecule has 2 heterocycles. The van der Waals surface area contributed by atoms with Crippen molar-refractivity contribution in [1.82, 2.24) is 9.88 Å². The van der Waals surface area contributed by atoms with E-state index in [0.29, 0.717) is 5.92 Å². The molecule has 0 N–H and O–H groups in total. The molecule has 2 aromatic rings. The molecule has 1 aromatic heterocycles. The van der Waals surface area contributed by atoms with Crippen molar-refractivity contribution in [3.05, 3.63) is 72.1 Å².